The number of fused-ring (bicyclic) bond motifs is 2. The fourth-order valence-corrected chi connectivity index (χ4v) is 13.2. The SMILES string of the molecule is CCc1ncc2c(P(C)(C)=O)c(Nc3nc(Nc4cc(C)c(N5CCC6(CC5)CCN(C5CCN(c7cccc8c7n(C)c(=O)n8C7CCC(=O)NC7=O)CC5)CC6)cc4OC)ncc3Br)ccc2n1. The Hall–Kier alpha value is -5.84. The summed E-state index contributed by atoms with van der Waals surface area (Å²) in [4.78, 5) is 64.5. The summed E-state index contributed by atoms with van der Waals surface area (Å²) < 4.78 is 23.6. The molecule has 2 amide bonds. The Morgan fingerprint density at radius 2 is 1.60 bits per heavy atom. The molecule has 4 saturated heterocycles. The van der Waals surface area contributed by atoms with Crippen molar-refractivity contribution in [2.75, 3.05) is 80.1 Å². The second-order valence-electron chi connectivity index (χ2n) is 19.9. The van der Waals surface area contributed by atoms with Gasteiger partial charge in [0.2, 0.25) is 17.8 Å². The molecule has 368 valence electrons. The number of ether oxygens (including phenoxy) is 1. The van der Waals surface area contributed by atoms with E-state index in [1.807, 2.05) is 31.2 Å². The average Bonchev–Trinajstić information content (AvgIpc) is 3.60. The van der Waals surface area contributed by atoms with Crippen LogP contribution in [0.15, 0.2) is 64.1 Å². The van der Waals surface area contributed by atoms with Crippen molar-refractivity contribution in [3.63, 3.8) is 0 Å². The molecular formula is C51H62BrN12O5P. The number of anilines is 6. The molecule has 0 radical (unpaired) electrons. The molecule has 6 aromatic rings. The third kappa shape index (κ3) is 9.06. The lowest BCUT2D eigenvalue weighted by molar-refractivity contribution is -0.135. The van der Waals surface area contributed by atoms with E-state index in [9.17, 15) is 18.9 Å². The number of aromatic nitrogens is 6. The molecule has 1 unspecified atom stereocenters. The minimum absolute atomic E-state index is 0.219. The van der Waals surface area contributed by atoms with Crippen LogP contribution < -0.4 is 41.5 Å². The van der Waals surface area contributed by atoms with Gasteiger partial charge in [-0.25, -0.2) is 19.7 Å². The largest absolute Gasteiger partial charge is 0.494 e. The van der Waals surface area contributed by atoms with Gasteiger partial charge in [0.05, 0.1) is 45.2 Å². The highest BCUT2D eigenvalue weighted by atomic mass is 79.9. The van der Waals surface area contributed by atoms with E-state index in [4.69, 9.17) is 9.72 Å². The van der Waals surface area contributed by atoms with Crippen LogP contribution in [0.3, 0.4) is 0 Å². The molecule has 1 atom stereocenters. The smallest absolute Gasteiger partial charge is 0.329 e. The molecular weight excluding hydrogens is 972 g/mol. The molecule has 17 nitrogen and oxygen atoms in total. The zero-order chi connectivity index (χ0) is 49.1. The van der Waals surface area contributed by atoms with Crippen LogP contribution in [0, 0.1) is 12.3 Å². The van der Waals surface area contributed by atoms with Gasteiger partial charge < -0.3 is 34.6 Å². The van der Waals surface area contributed by atoms with Crippen molar-refractivity contribution < 1.29 is 18.9 Å². The normalized spacial score (nSPS) is 19.3. The summed E-state index contributed by atoms with van der Waals surface area (Å²) in [6.07, 6.45) is 11.6. The molecule has 0 aliphatic carbocycles. The minimum atomic E-state index is -2.78. The first-order valence-electron chi connectivity index (χ1n) is 24.5. The van der Waals surface area contributed by atoms with Crippen LogP contribution in [0.2, 0.25) is 0 Å². The molecule has 70 heavy (non-hydrogen) atoms. The maximum absolute atomic E-state index is 13.7. The Morgan fingerprint density at radius 3 is 2.30 bits per heavy atom. The molecule has 3 aromatic carbocycles. The van der Waals surface area contributed by atoms with Gasteiger partial charge in [0.25, 0.3) is 0 Å². The number of hydrogen-bond acceptors (Lipinski definition) is 14. The zero-order valence-corrected chi connectivity index (χ0v) is 43.3. The van der Waals surface area contributed by atoms with Gasteiger partial charge in [-0.1, -0.05) is 13.0 Å². The molecule has 19 heteroatoms. The second kappa shape index (κ2) is 19.1. The molecule has 3 N–H and O–H groups in total. The van der Waals surface area contributed by atoms with Gasteiger partial charge in [-0.05, 0) is 136 Å². The predicted octanol–water partition coefficient (Wildman–Crippen LogP) is 7.78. The fourth-order valence-electron chi connectivity index (χ4n) is 11.5. The highest BCUT2D eigenvalue weighted by Gasteiger charge is 2.40. The summed E-state index contributed by atoms with van der Waals surface area (Å²) in [6.45, 7) is 13.7. The number of likely N-dealkylation sites (tertiary alicyclic amines) is 1. The number of rotatable bonds is 11. The van der Waals surface area contributed by atoms with Crippen molar-refractivity contribution in [1.29, 1.82) is 0 Å². The lowest BCUT2D eigenvalue weighted by Gasteiger charge is -2.50. The van der Waals surface area contributed by atoms with Crippen LogP contribution in [0.5, 0.6) is 5.75 Å². The number of halogens is 1. The van der Waals surface area contributed by atoms with Crippen LogP contribution in [0.25, 0.3) is 21.9 Å². The summed E-state index contributed by atoms with van der Waals surface area (Å²) in [6, 6.07) is 13.9. The van der Waals surface area contributed by atoms with Crippen molar-refractivity contribution in [2.24, 2.45) is 12.5 Å². The third-order valence-electron chi connectivity index (χ3n) is 15.4. The second-order valence-corrected chi connectivity index (χ2v) is 23.9. The Morgan fingerprint density at radius 1 is 0.871 bits per heavy atom. The van der Waals surface area contributed by atoms with E-state index >= 15 is 0 Å². The zero-order valence-electron chi connectivity index (χ0n) is 40.8. The highest BCUT2D eigenvalue weighted by Crippen LogP contribution is 2.46. The molecule has 4 fully saturated rings. The van der Waals surface area contributed by atoms with Crippen LogP contribution in [-0.2, 0) is 27.6 Å². The van der Waals surface area contributed by atoms with Crippen molar-refractivity contribution in [3.8, 4) is 5.75 Å². The summed E-state index contributed by atoms with van der Waals surface area (Å²) in [7, 11) is 0.689. The number of piperidine rings is 4. The Kier molecular flexibility index (Phi) is 13.0. The lowest BCUT2D eigenvalue weighted by Crippen LogP contribution is -2.52. The first kappa shape index (κ1) is 47.8. The van der Waals surface area contributed by atoms with Crippen molar-refractivity contribution >= 4 is 96.6 Å². The molecule has 0 bridgehead atoms. The number of methoxy groups -OCH3 is 1. The van der Waals surface area contributed by atoms with E-state index in [0.29, 0.717) is 57.3 Å². The first-order valence-corrected chi connectivity index (χ1v) is 27.9. The highest BCUT2D eigenvalue weighted by molar-refractivity contribution is 9.10. The summed E-state index contributed by atoms with van der Waals surface area (Å²) in [5.41, 5.74) is 7.20. The molecule has 4 aliphatic heterocycles. The van der Waals surface area contributed by atoms with Crippen LogP contribution >= 0.6 is 23.1 Å². The number of hydrogen-bond donors (Lipinski definition) is 3. The standard InChI is InChI=1S/C51H62BrN12O5P/c1-7-43-53-29-33-35(55-43)11-12-36(46(33)70(5,6)68)56-47-34(52)30-54-49(59-47)57-37-27-31(2)41(28-42(37)69-4)63-25-19-51(20-26-63)17-23-61(24-18-51)32-15-21-62(22-16-32)38-9-8-10-39-45(38)60(3)50(67)64(39)40-13-14-44(65)58-48(40)66/h8-12,27-30,32,40H,7,13-26H2,1-6H3,(H,58,65,66)(H2,54,56,57,59). The van der Waals surface area contributed by atoms with E-state index in [1.54, 1.807) is 49.0 Å². The van der Waals surface area contributed by atoms with E-state index in [1.165, 1.54) is 18.5 Å². The quantitative estimate of drug-likeness (QED) is 0.0844. The minimum Gasteiger partial charge on any atom is -0.494 e. The Bertz CT molecular complexity index is 3130. The Balaban J connectivity index is 0.758. The molecule has 1 spiro atoms. The van der Waals surface area contributed by atoms with Gasteiger partial charge in [-0.2, -0.15) is 4.98 Å². The van der Waals surface area contributed by atoms with Gasteiger partial charge in [-0.15, -0.1) is 0 Å². The number of carbonyl (C=O) groups excluding carboxylic acids is 2. The molecule has 4 aliphatic rings. The number of imide groups is 1. The van der Waals surface area contributed by atoms with Crippen molar-refractivity contribution in [2.45, 2.75) is 83.7 Å². The van der Waals surface area contributed by atoms with Crippen molar-refractivity contribution in [1.82, 2.24) is 39.3 Å². The number of carbonyl (C=O) groups is 2. The topological polar surface area (TPSA) is 185 Å². The molecule has 0 saturated carbocycles. The van der Waals surface area contributed by atoms with E-state index in [-0.39, 0.29) is 18.0 Å². The number of para-hydroxylation sites is 1. The molecule has 7 heterocycles. The van der Waals surface area contributed by atoms with E-state index in [0.717, 1.165) is 110 Å². The number of nitrogens with zero attached hydrogens (tertiary/aromatic N) is 9. The van der Waals surface area contributed by atoms with Gasteiger partial charge >= 0.3 is 5.69 Å². The summed E-state index contributed by atoms with van der Waals surface area (Å²) in [5, 5.41) is 10.7. The average molecular weight is 1030 g/mol. The maximum Gasteiger partial charge on any atom is 0.329 e. The number of imidazole rings is 1. The Labute approximate surface area is 416 Å². The molecule has 3 aromatic heterocycles. The van der Waals surface area contributed by atoms with E-state index < -0.39 is 19.1 Å². The van der Waals surface area contributed by atoms with Crippen molar-refractivity contribution in [3.05, 3.63) is 81.2 Å². The monoisotopic (exact) mass is 1030 g/mol. The summed E-state index contributed by atoms with van der Waals surface area (Å²) in [5.74, 6) is 1.64. The summed E-state index contributed by atoms with van der Waals surface area (Å²) >= 11 is 3.62. The lowest BCUT2D eigenvalue weighted by atomic mass is 9.70. The predicted molar refractivity (Wildman–Crippen MR) is 281 cm³/mol. The number of nitrogens with one attached hydrogen (secondary N) is 3. The fraction of sp³-hybridized carbons (Fsp3) is 0.471. The van der Waals surface area contributed by atoms with Gasteiger partial charge in [0.1, 0.15) is 30.6 Å². The van der Waals surface area contributed by atoms with Gasteiger partial charge in [0, 0.05) is 86.9 Å². The first-order chi connectivity index (χ1) is 33.6. The van der Waals surface area contributed by atoms with Crippen LogP contribution in [0.1, 0.15) is 75.7 Å². The molecule has 10 rings (SSSR count). The van der Waals surface area contributed by atoms with Crippen LogP contribution in [0.4, 0.5) is 34.5 Å². The maximum atomic E-state index is 13.7. The van der Waals surface area contributed by atoms with E-state index in [2.05, 4.69) is 86.7 Å². The third-order valence-corrected chi connectivity index (χ3v) is 17.5. The number of aryl methyl sites for hydroxylation is 3. The van der Waals surface area contributed by atoms with Gasteiger partial charge in [-0.3, -0.25) is 24.0 Å². The van der Waals surface area contributed by atoms with Crippen LogP contribution in [-0.4, -0.2) is 112 Å². The number of amides is 2. The van der Waals surface area contributed by atoms with Gasteiger partial charge in [0.15, 0.2) is 0 Å². The number of benzene rings is 3.